The Hall–Kier alpha value is -1.08. The van der Waals surface area contributed by atoms with Gasteiger partial charge in [-0.3, -0.25) is 0 Å². The van der Waals surface area contributed by atoms with Crippen molar-refractivity contribution < 1.29 is 0 Å². The van der Waals surface area contributed by atoms with Crippen molar-refractivity contribution in [2.45, 2.75) is 12.3 Å². The first-order valence-corrected chi connectivity index (χ1v) is 4.83. The van der Waals surface area contributed by atoms with E-state index < -0.39 is 0 Å². The Balaban J connectivity index is 2.16. The highest BCUT2D eigenvalue weighted by molar-refractivity contribution is 5.47. The van der Waals surface area contributed by atoms with Crippen LogP contribution in [-0.4, -0.2) is 13.1 Å². The van der Waals surface area contributed by atoms with Crippen LogP contribution in [0, 0.1) is 0 Å². The monoisotopic (exact) mass is 173 g/mol. The van der Waals surface area contributed by atoms with Gasteiger partial charge in [-0.15, -0.1) is 0 Å². The van der Waals surface area contributed by atoms with Crippen molar-refractivity contribution in [1.82, 2.24) is 5.32 Å². The summed E-state index contributed by atoms with van der Waals surface area (Å²) < 4.78 is 0. The van der Waals surface area contributed by atoms with Gasteiger partial charge in [0.05, 0.1) is 0 Å². The molecule has 1 aromatic carbocycles. The lowest BCUT2D eigenvalue weighted by atomic mass is 9.97. The highest BCUT2D eigenvalue weighted by Crippen LogP contribution is 2.22. The van der Waals surface area contributed by atoms with Crippen LogP contribution in [0.2, 0.25) is 0 Å². The topological polar surface area (TPSA) is 12.0 Å². The third-order valence-corrected chi connectivity index (χ3v) is 2.70. The van der Waals surface area contributed by atoms with Gasteiger partial charge < -0.3 is 5.32 Å². The average molecular weight is 173 g/mol. The van der Waals surface area contributed by atoms with E-state index in [2.05, 4.69) is 36.2 Å². The highest BCUT2D eigenvalue weighted by atomic mass is 14.9. The maximum Gasteiger partial charge on any atom is 0.00206 e. The van der Waals surface area contributed by atoms with Crippen LogP contribution in [0.1, 0.15) is 23.5 Å². The summed E-state index contributed by atoms with van der Waals surface area (Å²) in [6.07, 6.45) is 3.16. The quantitative estimate of drug-likeness (QED) is 0.724. The third kappa shape index (κ3) is 1.81. The van der Waals surface area contributed by atoms with E-state index in [0.29, 0.717) is 0 Å². The first kappa shape index (κ1) is 8.52. The number of hydrogen-bond acceptors (Lipinski definition) is 1. The summed E-state index contributed by atoms with van der Waals surface area (Å²) >= 11 is 0. The van der Waals surface area contributed by atoms with Crippen molar-refractivity contribution in [3.8, 4) is 0 Å². The van der Waals surface area contributed by atoms with Crippen LogP contribution in [-0.2, 0) is 0 Å². The van der Waals surface area contributed by atoms with Gasteiger partial charge in [0, 0.05) is 6.54 Å². The molecule has 2 rings (SSSR count). The van der Waals surface area contributed by atoms with Gasteiger partial charge in [0.1, 0.15) is 0 Å². The Morgan fingerprint density at radius 1 is 1.31 bits per heavy atom. The van der Waals surface area contributed by atoms with E-state index in [0.717, 1.165) is 19.0 Å². The molecule has 1 heterocycles. The second-order valence-electron chi connectivity index (χ2n) is 3.56. The van der Waals surface area contributed by atoms with Crippen molar-refractivity contribution in [1.29, 1.82) is 0 Å². The van der Waals surface area contributed by atoms with Crippen molar-refractivity contribution in [2.24, 2.45) is 0 Å². The van der Waals surface area contributed by atoms with Crippen molar-refractivity contribution >= 4 is 6.08 Å². The number of hydrogen-bond donors (Lipinski definition) is 1. The fraction of sp³-hybridized carbons (Fsp3) is 0.333. The molecule has 1 nitrogen and oxygen atoms in total. The summed E-state index contributed by atoms with van der Waals surface area (Å²) in [7, 11) is 0. The molecule has 1 unspecified atom stereocenters. The molecule has 0 aromatic heterocycles. The molecular formula is C12H15N. The minimum absolute atomic E-state index is 0.721. The standard InChI is InChI=1S/C12H15N/c1-2-10-3-5-11(6-4-10)12-7-8-13-9-12/h2-6,12-13H,1,7-9H2. The van der Waals surface area contributed by atoms with Crippen LogP contribution in [0.3, 0.4) is 0 Å². The van der Waals surface area contributed by atoms with E-state index in [-0.39, 0.29) is 0 Å². The van der Waals surface area contributed by atoms with Crippen LogP contribution in [0.4, 0.5) is 0 Å². The first-order chi connectivity index (χ1) is 6.40. The molecular weight excluding hydrogens is 158 g/mol. The summed E-state index contributed by atoms with van der Waals surface area (Å²) in [5.41, 5.74) is 2.66. The van der Waals surface area contributed by atoms with E-state index in [1.165, 1.54) is 17.5 Å². The minimum Gasteiger partial charge on any atom is -0.316 e. The zero-order valence-corrected chi connectivity index (χ0v) is 7.79. The summed E-state index contributed by atoms with van der Waals surface area (Å²) in [6.45, 7) is 6.04. The zero-order valence-electron chi connectivity index (χ0n) is 7.79. The molecule has 68 valence electrons. The number of benzene rings is 1. The van der Waals surface area contributed by atoms with Gasteiger partial charge in [-0.25, -0.2) is 0 Å². The van der Waals surface area contributed by atoms with Gasteiger partial charge in [-0.1, -0.05) is 36.9 Å². The van der Waals surface area contributed by atoms with Crippen molar-refractivity contribution in [2.75, 3.05) is 13.1 Å². The lowest BCUT2D eigenvalue weighted by Crippen LogP contribution is -2.07. The maximum atomic E-state index is 3.75. The average Bonchev–Trinajstić information content (AvgIpc) is 2.71. The highest BCUT2D eigenvalue weighted by Gasteiger charge is 2.15. The first-order valence-electron chi connectivity index (χ1n) is 4.83. The molecule has 13 heavy (non-hydrogen) atoms. The second-order valence-corrected chi connectivity index (χ2v) is 3.56. The SMILES string of the molecule is C=Cc1ccc(C2CCNC2)cc1. The maximum absolute atomic E-state index is 3.75. The van der Waals surface area contributed by atoms with Gasteiger partial charge in [0.2, 0.25) is 0 Å². The molecule has 1 aliphatic rings. The Morgan fingerprint density at radius 2 is 2.08 bits per heavy atom. The smallest absolute Gasteiger partial charge is 0.00206 e. The van der Waals surface area contributed by atoms with E-state index in [4.69, 9.17) is 0 Å². The molecule has 0 saturated carbocycles. The molecule has 1 N–H and O–H groups in total. The lowest BCUT2D eigenvalue weighted by Gasteiger charge is -2.08. The summed E-state index contributed by atoms with van der Waals surface area (Å²) in [5, 5.41) is 3.38. The van der Waals surface area contributed by atoms with Gasteiger partial charge >= 0.3 is 0 Å². The Morgan fingerprint density at radius 3 is 2.62 bits per heavy atom. The Bertz CT molecular complexity index is 280. The van der Waals surface area contributed by atoms with E-state index in [9.17, 15) is 0 Å². The fourth-order valence-corrected chi connectivity index (χ4v) is 1.84. The predicted molar refractivity (Wildman–Crippen MR) is 56.8 cm³/mol. The second kappa shape index (κ2) is 3.75. The van der Waals surface area contributed by atoms with Crippen molar-refractivity contribution in [3.63, 3.8) is 0 Å². The van der Waals surface area contributed by atoms with E-state index in [1.807, 2.05) is 6.08 Å². The van der Waals surface area contributed by atoms with Crippen LogP contribution >= 0.6 is 0 Å². The van der Waals surface area contributed by atoms with E-state index >= 15 is 0 Å². The lowest BCUT2D eigenvalue weighted by molar-refractivity contribution is 0.763. The van der Waals surface area contributed by atoms with Gasteiger partial charge in [0.15, 0.2) is 0 Å². The normalized spacial score (nSPS) is 21.7. The summed E-state index contributed by atoms with van der Waals surface area (Å²) in [5.74, 6) is 0.721. The Labute approximate surface area is 79.5 Å². The molecule has 0 spiro atoms. The van der Waals surface area contributed by atoms with Crippen LogP contribution in [0.25, 0.3) is 6.08 Å². The number of rotatable bonds is 2. The number of nitrogens with one attached hydrogen (secondary N) is 1. The van der Waals surface area contributed by atoms with Gasteiger partial charge in [-0.2, -0.15) is 0 Å². The van der Waals surface area contributed by atoms with Crippen LogP contribution in [0.5, 0.6) is 0 Å². The summed E-state index contributed by atoms with van der Waals surface area (Å²) in [4.78, 5) is 0. The third-order valence-electron chi connectivity index (χ3n) is 2.70. The van der Waals surface area contributed by atoms with Gasteiger partial charge in [0.25, 0.3) is 0 Å². The molecule has 1 aliphatic heterocycles. The fourth-order valence-electron chi connectivity index (χ4n) is 1.84. The zero-order chi connectivity index (χ0) is 9.10. The molecule has 1 aromatic rings. The molecule has 0 aliphatic carbocycles. The predicted octanol–water partition coefficient (Wildman–Crippen LogP) is 2.41. The van der Waals surface area contributed by atoms with Crippen molar-refractivity contribution in [3.05, 3.63) is 42.0 Å². The molecule has 0 bridgehead atoms. The molecule has 1 atom stereocenters. The molecule has 1 fully saturated rings. The van der Waals surface area contributed by atoms with Crippen LogP contribution in [0.15, 0.2) is 30.8 Å². The minimum atomic E-state index is 0.721. The van der Waals surface area contributed by atoms with Gasteiger partial charge in [-0.05, 0) is 30.0 Å². The molecule has 0 amide bonds. The van der Waals surface area contributed by atoms with E-state index in [1.54, 1.807) is 0 Å². The molecule has 0 radical (unpaired) electrons. The Kier molecular flexibility index (Phi) is 2.46. The largest absolute Gasteiger partial charge is 0.316 e. The molecule has 1 heteroatoms. The summed E-state index contributed by atoms with van der Waals surface area (Å²) in [6, 6.07) is 8.71. The molecule has 1 saturated heterocycles. The van der Waals surface area contributed by atoms with Crippen LogP contribution < -0.4 is 5.32 Å².